The van der Waals surface area contributed by atoms with Gasteiger partial charge < -0.3 is 14.4 Å². The number of rotatable bonds is 3. The van der Waals surface area contributed by atoms with Crippen LogP contribution in [0.5, 0.6) is 0 Å². The van der Waals surface area contributed by atoms with E-state index in [1.807, 2.05) is 0 Å². The summed E-state index contributed by atoms with van der Waals surface area (Å²) in [5.41, 5.74) is 0. The third kappa shape index (κ3) is 3.87. The maximum Gasteiger partial charge on any atom is 0.508 e. The highest BCUT2D eigenvalue weighted by atomic mass is 16.7. The Morgan fingerprint density at radius 2 is 1.95 bits per heavy atom. The number of carbonyl (C=O) groups excluding carboxylic acids is 2. The number of hydrogen-bond acceptors (Lipinski definition) is 5. The van der Waals surface area contributed by atoms with E-state index in [-0.39, 0.29) is 5.91 Å². The van der Waals surface area contributed by atoms with Crippen LogP contribution in [-0.4, -0.2) is 67.8 Å². The normalized spacial score (nSPS) is 22.6. The van der Waals surface area contributed by atoms with Crippen LogP contribution in [0.3, 0.4) is 0 Å². The van der Waals surface area contributed by atoms with Gasteiger partial charge in [-0.2, -0.15) is 0 Å². The fraction of sp³-hybridized carbons (Fsp3) is 0.714. The molecule has 6 heteroatoms. The molecule has 2 aliphatic rings. The molecule has 0 aromatic carbocycles. The van der Waals surface area contributed by atoms with E-state index in [4.69, 9.17) is 4.74 Å². The second-order valence-electron chi connectivity index (χ2n) is 4.95. The van der Waals surface area contributed by atoms with Gasteiger partial charge in [-0.25, -0.2) is 4.79 Å². The zero-order valence-electron chi connectivity index (χ0n) is 11.8. The SMILES string of the molecule is COC(=O)O[C@H]1CCN(CC#CCN2CCCC2)C1=O. The Kier molecular flexibility index (Phi) is 5.24. The van der Waals surface area contributed by atoms with Crippen LogP contribution >= 0.6 is 0 Å². The molecule has 1 amide bonds. The van der Waals surface area contributed by atoms with E-state index < -0.39 is 12.3 Å². The lowest BCUT2D eigenvalue weighted by molar-refractivity contribution is -0.135. The van der Waals surface area contributed by atoms with Crippen LogP contribution < -0.4 is 0 Å². The monoisotopic (exact) mass is 280 g/mol. The molecule has 20 heavy (non-hydrogen) atoms. The van der Waals surface area contributed by atoms with E-state index in [9.17, 15) is 9.59 Å². The number of hydrogen-bond donors (Lipinski definition) is 0. The van der Waals surface area contributed by atoms with Crippen LogP contribution in [0, 0.1) is 11.8 Å². The zero-order chi connectivity index (χ0) is 14.4. The molecule has 0 bridgehead atoms. The van der Waals surface area contributed by atoms with Crippen LogP contribution in [0.1, 0.15) is 19.3 Å². The molecular weight excluding hydrogens is 260 g/mol. The van der Waals surface area contributed by atoms with Gasteiger partial charge in [-0.05, 0) is 25.9 Å². The van der Waals surface area contributed by atoms with Crippen LogP contribution in [-0.2, 0) is 14.3 Å². The van der Waals surface area contributed by atoms with Crippen molar-refractivity contribution in [1.82, 2.24) is 9.80 Å². The number of ether oxygens (including phenoxy) is 2. The minimum Gasteiger partial charge on any atom is -0.438 e. The van der Waals surface area contributed by atoms with Gasteiger partial charge in [-0.1, -0.05) is 11.8 Å². The Labute approximate surface area is 119 Å². The third-order valence-electron chi connectivity index (χ3n) is 3.55. The van der Waals surface area contributed by atoms with Crippen molar-refractivity contribution < 1.29 is 19.1 Å². The van der Waals surface area contributed by atoms with Crippen molar-refractivity contribution in [2.75, 3.05) is 39.8 Å². The standard InChI is InChI=1S/C14H20N2O4/c1-19-14(18)20-12-6-11-16(13(12)17)10-5-4-9-15-7-2-3-8-15/h12H,2-3,6-11H2,1H3/t12-/m0/s1. The molecule has 0 aromatic rings. The Bertz CT molecular complexity index is 421. The Morgan fingerprint density at radius 1 is 1.25 bits per heavy atom. The lowest BCUT2D eigenvalue weighted by Crippen LogP contribution is -2.32. The molecule has 2 heterocycles. The smallest absolute Gasteiger partial charge is 0.438 e. The highest BCUT2D eigenvalue weighted by Crippen LogP contribution is 2.14. The summed E-state index contributed by atoms with van der Waals surface area (Å²) in [7, 11) is 1.23. The molecule has 0 unspecified atom stereocenters. The second kappa shape index (κ2) is 7.15. The number of likely N-dealkylation sites (tertiary alicyclic amines) is 2. The zero-order valence-corrected chi connectivity index (χ0v) is 11.8. The molecule has 2 fully saturated rings. The van der Waals surface area contributed by atoms with Gasteiger partial charge in [-0.3, -0.25) is 9.69 Å². The molecule has 1 atom stereocenters. The number of amides is 1. The first-order chi connectivity index (χ1) is 9.70. The van der Waals surface area contributed by atoms with Gasteiger partial charge in [0.05, 0.1) is 20.2 Å². The fourth-order valence-electron chi connectivity index (χ4n) is 2.40. The van der Waals surface area contributed by atoms with Gasteiger partial charge in [0.15, 0.2) is 6.10 Å². The fourth-order valence-corrected chi connectivity index (χ4v) is 2.40. The van der Waals surface area contributed by atoms with E-state index in [1.165, 1.54) is 20.0 Å². The van der Waals surface area contributed by atoms with Crippen molar-refractivity contribution in [3.05, 3.63) is 0 Å². The number of carbonyl (C=O) groups is 2. The largest absolute Gasteiger partial charge is 0.508 e. The van der Waals surface area contributed by atoms with E-state index in [2.05, 4.69) is 21.5 Å². The minimum absolute atomic E-state index is 0.189. The summed E-state index contributed by atoms with van der Waals surface area (Å²) in [4.78, 5) is 26.8. The maximum absolute atomic E-state index is 11.9. The molecule has 2 aliphatic heterocycles. The highest BCUT2D eigenvalue weighted by molar-refractivity contribution is 5.85. The van der Waals surface area contributed by atoms with E-state index in [0.29, 0.717) is 19.5 Å². The summed E-state index contributed by atoms with van der Waals surface area (Å²) in [6.07, 6.45) is 1.47. The Balaban J connectivity index is 1.72. The Hall–Kier alpha value is -1.74. The molecule has 0 aromatic heterocycles. The quantitative estimate of drug-likeness (QED) is 0.555. The molecule has 6 nitrogen and oxygen atoms in total. The minimum atomic E-state index is -0.815. The average molecular weight is 280 g/mol. The van der Waals surface area contributed by atoms with Gasteiger partial charge in [0.1, 0.15) is 0 Å². The molecule has 2 saturated heterocycles. The van der Waals surface area contributed by atoms with E-state index >= 15 is 0 Å². The predicted molar refractivity (Wildman–Crippen MR) is 71.9 cm³/mol. The third-order valence-corrected chi connectivity index (χ3v) is 3.55. The summed E-state index contributed by atoms with van der Waals surface area (Å²) in [5, 5.41) is 0. The number of methoxy groups -OCH3 is 1. The van der Waals surface area contributed by atoms with E-state index in [0.717, 1.165) is 19.6 Å². The van der Waals surface area contributed by atoms with Crippen LogP contribution in [0.2, 0.25) is 0 Å². The van der Waals surface area contributed by atoms with Gasteiger partial charge in [0, 0.05) is 13.0 Å². The lowest BCUT2D eigenvalue weighted by atomic mass is 10.3. The van der Waals surface area contributed by atoms with Crippen molar-refractivity contribution in [2.24, 2.45) is 0 Å². The lowest BCUT2D eigenvalue weighted by Gasteiger charge is -2.13. The second-order valence-corrected chi connectivity index (χ2v) is 4.95. The average Bonchev–Trinajstić information content (AvgIpc) is 3.07. The van der Waals surface area contributed by atoms with Crippen LogP contribution in [0.25, 0.3) is 0 Å². The highest BCUT2D eigenvalue weighted by Gasteiger charge is 2.34. The molecule has 0 N–H and O–H groups in total. The molecule has 0 radical (unpaired) electrons. The molecule has 0 spiro atoms. The van der Waals surface area contributed by atoms with Gasteiger partial charge in [0.25, 0.3) is 5.91 Å². The number of nitrogens with zero attached hydrogens (tertiary/aromatic N) is 2. The van der Waals surface area contributed by atoms with Crippen molar-refractivity contribution in [3.8, 4) is 11.8 Å². The molecule has 110 valence electrons. The predicted octanol–water partition coefficient (Wildman–Crippen LogP) is 0.469. The summed E-state index contributed by atoms with van der Waals surface area (Å²) in [5.74, 6) is 5.92. The first-order valence-corrected chi connectivity index (χ1v) is 6.92. The van der Waals surface area contributed by atoms with Gasteiger partial charge >= 0.3 is 6.16 Å². The first-order valence-electron chi connectivity index (χ1n) is 6.92. The maximum atomic E-state index is 11.9. The van der Waals surface area contributed by atoms with Crippen molar-refractivity contribution >= 4 is 12.1 Å². The summed E-state index contributed by atoms with van der Waals surface area (Å²) in [6.45, 7) is 3.97. The van der Waals surface area contributed by atoms with Crippen LogP contribution in [0.15, 0.2) is 0 Å². The topological polar surface area (TPSA) is 59.1 Å². The summed E-state index contributed by atoms with van der Waals surface area (Å²) >= 11 is 0. The molecule has 2 rings (SSSR count). The summed E-state index contributed by atoms with van der Waals surface area (Å²) in [6, 6.07) is 0. The molecule has 0 saturated carbocycles. The first kappa shape index (κ1) is 14.7. The van der Waals surface area contributed by atoms with Crippen molar-refractivity contribution in [2.45, 2.75) is 25.4 Å². The van der Waals surface area contributed by atoms with Crippen molar-refractivity contribution in [1.29, 1.82) is 0 Å². The molecule has 0 aliphatic carbocycles. The van der Waals surface area contributed by atoms with Gasteiger partial charge in [-0.15, -0.1) is 0 Å². The van der Waals surface area contributed by atoms with Gasteiger partial charge in [0.2, 0.25) is 0 Å². The summed E-state index contributed by atoms with van der Waals surface area (Å²) < 4.78 is 9.27. The Morgan fingerprint density at radius 3 is 2.65 bits per heavy atom. The molecular formula is C14H20N2O4. The van der Waals surface area contributed by atoms with E-state index in [1.54, 1.807) is 4.90 Å². The van der Waals surface area contributed by atoms with Crippen LogP contribution in [0.4, 0.5) is 4.79 Å². The van der Waals surface area contributed by atoms with Crippen molar-refractivity contribution in [3.63, 3.8) is 0 Å².